The second-order valence-corrected chi connectivity index (χ2v) is 13.8. The molecule has 14 heteroatoms. The first-order valence-corrected chi connectivity index (χ1v) is 17.5. The third-order valence-electron chi connectivity index (χ3n) is 9.42. The Morgan fingerprint density at radius 1 is 0.944 bits per heavy atom. The maximum atomic E-state index is 14.0. The summed E-state index contributed by atoms with van der Waals surface area (Å²) in [5, 5.41) is 2.98. The molecule has 0 radical (unpaired) electrons. The molecule has 0 aliphatic carbocycles. The van der Waals surface area contributed by atoms with Gasteiger partial charge in [0.05, 0.1) is 11.9 Å². The fraction of sp³-hybridized carbons (Fsp3) is 0.275. The number of hydrogen-bond donors (Lipinski definition) is 2. The summed E-state index contributed by atoms with van der Waals surface area (Å²) in [5.74, 6) is -1.91. The van der Waals surface area contributed by atoms with Crippen molar-refractivity contribution >= 4 is 34.9 Å². The zero-order valence-electron chi connectivity index (χ0n) is 30.1. The Bertz CT molecular complexity index is 2230. The van der Waals surface area contributed by atoms with Crippen molar-refractivity contribution in [2.45, 2.75) is 50.0 Å². The number of nitrogens with two attached hydrogens (primary N) is 1. The zero-order chi connectivity index (χ0) is 37.6. The third kappa shape index (κ3) is 6.33. The normalized spacial score (nSPS) is 22.2. The Hall–Kier alpha value is -6.09. The van der Waals surface area contributed by atoms with Crippen LogP contribution in [0.25, 0.3) is 17.2 Å². The number of ether oxygens (including phenoxy) is 5. The van der Waals surface area contributed by atoms with E-state index in [1.165, 1.54) is 17.3 Å². The molecule has 3 aromatic carbocycles. The summed E-state index contributed by atoms with van der Waals surface area (Å²) in [4.78, 5) is 40.7. The van der Waals surface area contributed by atoms with Gasteiger partial charge in [-0.2, -0.15) is 0 Å². The lowest BCUT2D eigenvalue weighted by atomic mass is 9.97. The van der Waals surface area contributed by atoms with Gasteiger partial charge in [0.25, 0.3) is 5.91 Å². The Labute approximate surface area is 311 Å². The molecule has 2 aromatic heterocycles. The van der Waals surface area contributed by atoms with Crippen LogP contribution in [0.3, 0.4) is 0 Å². The average Bonchev–Trinajstić information content (AvgIpc) is 3.93. The van der Waals surface area contributed by atoms with Crippen LogP contribution < -0.4 is 20.5 Å². The second kappa shape index (κ2) is 13.7. The van der Waals surface area contributed by atoms with Crippen molar-refractivity contribution in [3.8, 4) is 11.5 Å². The molecule has 0 bridgehead atoms. The molecule has 54 heavy (non-hydrogen) atoms. The summed E-state index contributed by atoms with van der Waals surface area (Å²) >= 11 is 0. The van der Waals surface area contributed by atoms with Gasteiger partial charge in [0.2, 0.25) is 5.91 Å². The highest BCUT2D eigenvalue weighted by atomic mass is 16.8. The minimum absolute atomic E-state index is 0.153. The number of carbonyl (C=O) groups is 2. The molecular weight excluding hydrogens is 690 g/mol. The number of nitrogen functional groups attached to an aromatic ring is 1. The lowest BCUT2D eigenvalue weighted by Crippen LogP contribution is -2.37. The van der Waals surface area contributed by atoms with Gasteiger partial charge < -0.3 is 39.6 Å². The predicted octanol–water partition coefficient (Wildman–Crippen LogP) is 4.59. The molecule has 3 aliphatic heterocycles. The molecular formula is C40H39N7O7. The monoisotopic (exact) mass is 729 g/mol. The van der Waals surface area contributed by atoms with Crippen LogP contribution in [0, 0.1) is 0 Å². The number of aromatic nitrogens is 4. The van der Waals surface area contributed by atoms with Crippen LogP contribution in [0.15, 0.2) is 104 Å². The number of imidazole rings is 1. The SMILES string of the molecule is CN(C)C(=O)/C=C/c1cc2c(c(C(=O)NC/C=C/[C@H]3O[C@@H](n4cnc5c(N)ncnc54)[C@H]4OC(C)(C)OC34)c1)OC(c1ccccc1)(c1ccccc1)O2. The number of nitrogens with one attached hydrogen (secondary N) is 1. The van der Waals surface area contributed by atoms with Crippen LogP contribution in [0.4, 0.5) is 5.82 Å². The molecule has 1 unspecified atom stereocenters. The van der Waals surface area contributed by atoms with Gasteiger partial charge >= 0.3 is 5.79 Å². The fourth-order valence-corrected chi connectivity index (χ4v) is 6.91. The van der Waals surface area contributed by atoms with E-state index in [1.54, 1.807) is 49.3 Å². The minimum atomic E-state index is -1.36. The lowest BCUT2D eigenvalue weighted by molar-refractivity contribution is -0.191. The fourth-order valence-electron chi connectivity index (χ4n) is 6.91. The van der Waals surface area contributed by atoms with E-state index < -0.39 is 42.0 Å². The largest absolute Gasteiger partial charge is 0.440 e. The van der Waals surface area contributed by atoms with Gasteiger partial charge in [-0.15, -0.1) is 0 Å². The summed E-state index contributed by atoms with van der Waals surface area (Å²) in [5.41, 5.74) is 9.33. The molecule has 8 rings (SSSR count). The number of likely N-dealkylation sites (N-methyl/N-ethyl adjacent to an activating group) is 1. The molecule has 276 valence electrons. The van der Waals surface area contributed by atoms with Crippen molar-refractivity contribution < 1.29 is 33.3 Å². The van der Waals surface area contributed by atoms with Crippen molar-refractivity contribution in [3.05, 3.63) is 126 Å². The molecule has 0 saturated carbocycles. The minimum Gasteiger partial charge on any atom is -0.440 e. The van der Waals surface area contributed by atoms with E-state index >= 15 is 0 Å². The Morgan fingerprint density at radius 2 is 1.65 bits per heavy atom. The van der Waals surface area contributed by atoms with Crippen molar-refractivity contribution in [2.24, 2.45) is 0 Å². The first-order chi connectivity index (χ1) is 26.0. The Balaban J connectivity index is 1.06. The van der Waals surface area contributed by atoms with Gasteiger partial charge in [0, 0.05) is 37.8 Å². The van der Waals surface area contributed by atoms with Crippen molar-refractivity contribution in [3.63, 3.8) is 0 Å². The van der Waals surface area contributed by atoms with E-state index in [4.69, 9.17) is 29.4 Å². The summed E-state index contributed by atoms with van der Waals surface area (Å²) in [6.45, 7) is 3.85. The number of hydrogen-bond acceptors (Lipinski definition) is 11. The summed E-state index contributed by atoms with van der Waals surface area (Å²) in [7, 11) is 3.34. The molecule has 2 fully saturated rings. The second-order valence-electron chi connectivity index (χ2n) is 13.8. The van der Waals surface area contributed by atoms with Crippen LogP contribution in [0.2, 0.25) is 0 Å². The van der Waals surface area contributed by atoms with Crippen molar-refractivity contribution in [1.29, 1.82) is 0 Å². The summed E-state index contributed by atoms with van der Waals surface area (Å²) < 4.78 is 34.1. The van der Waals surface area contributed by atoms with Crippen LogP contribution in [-0.4, -0.2) is 81.0 Å². The van der Waals surface area contributed by atoms with E-state index in [1.807, 2.05) is 80.6 Å². The average molecular weight is 730 g/mol. The number of nitrogens with zero attached hydrogens (tertiary/aromatic N) is 5. The highest BCUT2D eigenvalue weighted by Crippen LogP contribution is 2.50. The van der Waals surface area contributed by atoms with Gasteiger partial charge in [-0.05, 0) is 37.6 Å². The molecule has 5 heterocycles. The number of anilines is 1. The Morgan fingerprint density at radius 3 is 2.35 bits per heavy atom. The number of amides is 2. The van der Waals surface area contributed by atoms with Crippen molar-refractivity contribution in [1.82, 2.24) is 29.7 Å². The highest BCUT2D eigenvalue weighted by molar-refractivity contribution is 5.99. The number of carbonyl (C=O) groups excluding carboxylic acids is 2. The van der Waals surface area contributed by atoms with E-state index in [0.717, 1.165) is 11.1 Å². The zero-order valence-corrected chi connectivity index (χ0v) is 30.1. The van der Waals surface area contributed by atoms with Crippen LogP contribution >= 0.6 is 0 Å². The molecule has 2 saturated heterocycles. The van der Waals surface area contributed by atoms with Crippen LogP contribution in [0.1, 0.15) is 47.1 Å². The first kappa shape index (κ1) is 35.0. The maximum Gasteiger partial charge on any atom is 0.305 e. The van der Waals surface area contributed by atoms with Gasteiger partial charge in [0.15, 0.2) is 35.0 Å². The smallest absolute Gasteiger partial charge is 0.305 e. The lowest BCUT2D eigenvalue weighted by Gasteiger charge is -2.28. The Kier molecular flexibility index (Phi) is 8.88. The standard InChI is InChI=1S/C40H39N7O7/c1-39(2)52-33-28(50-38(34(33)53-39)47-23-45-31-35(41)43-22-44-36(31)47)16-11-19-42-37(49)27-20-24(17-18-30(48)46(3)4)21-29-32(27)54-40(51-29,25-12-7-5-8-13-25)26-14-9-6-10-15-26/h5-18,20-23,28,33-34,38H,19H2,1-4H3,(H,42,49)(H2,41,43,44)/b16-11+,18-17+/t28-,33?,34+,38-/m1/s1. The summed E-state index contributed by atoms with van der Waals surface area (Å²) in [6.07, 6.45) is 7.68. The van der Waals surface area contributed by atoms with Gasteiger partial charge in [-0.1, -0.05) is 72.8 Å². The number of benzene rings is 3. The number of rotatable bonds is 9. The molecule has 3 aliphatic rings. The van der Waals surface area contributed by atoms with E-state index in [0.29, 0.717) is 22.5 Å². The molecule has 5 aromatic rings. The highest BCUT2D eigenvalue weighted by Gasteiger charge is 2.55. The van der Waals surface area contributed by atoms with Crippen LogP contribution in [-0.2, 0) is 24.8 Å². The maximum absolute atomic E-state index is 14.0. The molecule has 3 N–H and O–H groups in total. The third-order valence-corrected chi connectivity index (χ3v) is 9.42. The van der Waals surface area contributed by atoms with E-state index in [-0.39, 0.29) is 29.6 Å². The van der Waals surface area contributed by atoms with E-state index in [9.17, 15) is 9.59 Å². The molecule has 4 atom stereocenters. The van der Waals surface area contributed by atoms with E-state index in [2.05, 4.69) is 20.3 Å². The molecule has 14 nitrogen and oxygen atoms in total. The molecule has 2 amide bonds. The number of fused-ring (bicyclic) bond motifs is 3. The topological polar surface area (TPSA) is 165 Å². The quantitative estimate of drug-likeness (QED) is 0.161. The van der Waals surface area contributed by atoms with Crippen molar-refractivity contribution in [2.75, 3.05) is 26.4 Å². The predicted molar refractivity (Wildman–Crippen MR) is 198 cm³/mol. The van der Waals surface area contributed by atoms with Gasteiger partial charge in [-0.25, -0.2) is 15.0 Å². The van der Waals surface area contributed by atoms with Crippen LogP contribution in [0.5, 0.6) is 11.5 Å². The summed E-state index contributed by atoms with van der Waals surface area (Å²) in [6, 6.07) is 22.5. The van der Waals surface area contributed by atoms with Gasteiger partial charge in [-0.3, -0.25) is 14.2 Å². The molecule has 0 spiro atoms. The first-order valence-electron chi connectivity index (χ1n) is 17.5. The van der Waals surface area contributed by atoms with Gasteiger partial charge in [0.1, 0.15) is 30.2 Å².